The zero-order valence-corrected chi connectivity index (χ0v) is 10.8. The molecular formula is C13H14ClN3O. The molecule has 2 rings (SSSR count). The minimum Gasteiger partial charge on any atom is -0.497 e. The van der Waals surface area contributed by atoms with Gasteiger partial charge in [-0.15, -0.1) is 0 Å². The fourth-order valence-electron chi connectivity index (χ4n) is 1.62. The molecule has 0 saturated carbocycles. The summed E-state index contributed by atoms with van der Waals surface area (Å²) in [6.07, 6.45) is 0.726. The quantitative estimate of drug-likeness (QED) is 0.920. The van der Waals surface area contributed by atoms with Crippen molar-refractivity contribution in [2.24, 2.45) is 5.73 Å². The highest BCUT2D eigenvalue weighted by atomic mass is 35.5. The van der Waals surface area contributed by atoms with E-state index < -0.39 is 0 Å². The smallest absolute Gasteiger partial charge is 0.120 e. The first kappa shape index (κ1) is 12.8. The van der Waals surface area contributed by atoms with Gasteiger partial charge in [0.15, 0.2) is 0 Å². The van der Waals surface area contributed by atoms with Crippen molar-refractivity contribution < 1.29 is 4.74 Å². The SMILES string of the molecule is COc1ccc(-c2ccc(CCN)nn2)c(Cl)c1. The average molecular weight is 264 g/mol. The van der Waals surface area contributed by atoms with Crippen LogP contribution in [0.3, 0.4) is 0 Å². The Morgan fingerprint density at radius 1 is 1.22 bits per heavy atom. The number of hydrogen-bond donors (Lipinski definition) is 1. The van der Waals surface area contributed by atoms with Gasteiger partial charge < -0.3 is 10.5 Å². The molecule has 0 aliphatic heterocycles. The lowest BCUT2D eigenvalue weighted by atomic mass is 10.1. The molecule has 5 heteroatoms. The highest BCUT2D eigenvalue weighted by Gasteiger charge is 2.07. The number of hydrogen-bond acceptors (Lipinski definition) is 4. The minimum atomic E-state index is 0.567. The van der Waals surface area contributed by atoms with Crippen LogP contribution in [0.4, 0.5) is 0 Å². The van der Waals surface area contributed by atoms with Gasteiger partial charge in [-0.25, -0.2) is 0 Å². The second-order valence-corrected chi connectivity index (χ2v) is 4.20. The Kier molecular flexibility index (Phi) is 4.12. The lowest BCUT2D eigenvalue weighted by Crippen LogP contribution is -2.05. The van der Waals surface area contributed by atoms with E-state index in [1.54, 1.807) is 13.2 Å². The van der Waals surface area contributed by atoms with Gasteiger partial charge in [-0.2, -0.15) is 10.2 Å². The van der Waals surface area contributed by atoms with Crippen LogP contribution in [0.1, 0.15) is 5.69 Å². The van der Waals surface area contributed by atoms with Crippen LogP contribution in [0, 0.1) is 0 Å². The third-order valence-electron chi connectivity index (χ3n) is 2.57. The Balaban J connectivity index is 2.30. The van der Waals surface area contributed by atoms with E-state index in [9.17, 15) is 0 Å². The molecule has 0 amide bonds. The summed E-state index contributed by atoms with van der Waals surface area (Å²) in [4.78, 5) is 0. The summed E-state index contributed by atoms with van der Waals surface area (Å²) in [5.41, 5.74) is 7.92. The molecule has 1 aromatic heterocycles. The Morgan fingerprint density at radius 3 is 2.61 bits per heavy atom. The Hall–Kier alpha value is -1.65. The Morgan fingerprint density at radius 2 is 2.06 bits per heavy atom. The summed E-state index contributed by atoms with van der Waals surface area (Å²) < 4.78 is 5.10. The van der Waals surface area contributed by atoms with Crippen molar-refractivity contribution in [3.8, 4) is 17.0 Å². The molecule has 0 aliphatic rings. The minimum absolute atomic E-state index is 0.567. The second kappa shape index (κ2) is 5.80. The summed E-state index contributed by atoms with van der Waals surface area (Å²) in [5, 5.41) is 8.85. The zero-order chi connectivity index (χ0) is 13.0. The van der Waals surface area contributed by atoms with Crippen LogP contribution in [0.15, 0.2) is 30.3 Å². The predicted molar refractivity (Wildman–Crippen MR) is 71.8 cm³/mol. The number of methoxy groups -OCH3 is 1. The molecule has 0 radical (unpaired) electrons. The van der Waals surface area contributed by atoms with E-state index in [2.05, 4.69) is 10.2 Å². The van der Waals surface area contributed by atoms with E-state index in [-0.39, 0.29) is 0 Å². The van der Waals surface area contributed by atoms with E-state index in [1.165, 1.54) is 0 Å². The van der Waals surface area contributed by atoms with Gasteiger partial charge in [0.2, 0.25) is 0 Å². The van der Waals surface area contributed by atoms with Crippen molar-refractivity contribution in [2.75, 3.05) is 13.7 Å². The van der Waals surface area contributed by atoms with Gasteiger partial charge in [0, 0.05) is 12.0 Å². The normalized spacial score (nSPS) is 10.4. The summed E-state index contributed by atoms with van der Waals surface area (Å²) in [6.45, 7) is 0.567. The number of nitrogens with two attached hydrogens (primary N) is 1. The van der Waals surface area contributed by atoms with Crippen molar-refractivity contribution >= 4 is 11.6 Å². The molecule has 0 unspecified atom stereocenters. The molecule has 18 heavy (non-hydrogen) atoms. The fraction of sp³-hybridized carbons (Fsp3) is 0.231. The molecule has 0 aliphatic carbocycles. The molecule has 1 heterocycles. The molecule has 0 atom stereocenters. The third-order valence-corrected chi connectivity index (χ3v) is 2.89. The molecule has 2 aromatic rings. The third kappa shape index (κ3) is 2.78. The first-order valence-electron chi connectivity index (χ1n) is 5.61. The number of halogens is 1. The first-order chi connectivity index (χ1) is 8.74. The van der Waals surface area contributed by atoms with Crippen LogP contribution in [-0.4, -0.2) is 23.9 Å². The fourth-order valence-corrected chi connectivity index (χ4v) is 1.88. The van der Waals surface area contributed by atoms with E-state index in [4.69, 9.17) is 22.1 Å². The van der Waals surface area contributed by atoms with Gasteiger partial charge in [-0.1, -0.05) is 11.6 Å². The van der Waals surface area contributed by atoms with Crippen molar-refractivity contribution in [1.29, 1.82) is 0 Å². The van der Waals surface area contributed by atoms with Crippen LogP contribution in [0.2, 0.25) is 5.02 Å². The molecule has 0 saturated heterocycles. The van der Waals surface area contributed by atoms with Crippen LogP contribution >= 0.6 is 11.6 Å². The maximum Gasteiger partial charge on any atom is 0.120 e. The summed E-state index contributed by atoms with van der Waals surface area (Å²) in [5.74, 6) is 0.719. The van der Waals surface area contributed by atoms with Gasteiger partial charge >= 0.3 is 0 Å². The number of rotatable bonds is 4. The zero-order valence-electron chi connectivity index (χ0n) is 10.1. The lowest BCUT2D eigenvalue weighted by Gasteiger charge is -2.06. The molecular weight excluding hydrogens is 250 g/mol. The van der Waals surface area contributed by atoms with Crippen molar-refractivity contribution in [1.82, 2.24) is 10.2 Å². The Labute approximate surface area is 111 Å². The first-order valence-corrected chi connectivity index (χ1v) is 5.99. The largest absolute Gasteiger partial charge is 0.497 e. The highest BCUT2D eigenvalue weighted by molar-refractivity contribution is 6.33. The monoisotopic (exact) mass is 263 g/mol. The van der Waals surface area contributed by atoms with Crippen LogP contribution in [-0.2, 0) is 6.42 Å². The van der Waals surface area contributed by atoms with Crippen LogP contribution < -0.4 is 10.5 Å². The van der Waals surface area contributed by atoms with Crippen molar-refractivity contribution in [3.05, 3.63) is 41.0 Å². The standard InChI is InChI=1S/C13H14ClN3O/c1-18-10-3-4-11(12(14)8-10)13-5-2-9(6-7-15)16-17-13/h2-5,8H,6-7,15H2,1H3. The highest BCUT2D eigenvalue weighted by Crippen LogP contribution is 2.29. The average Bonchev–Trinajstić information content (AvgIpc) is 2.40. The van der Waals surface area contributed by atoms with Crippen molar-refractivity contribution in [3.63, 3.8) is 0 Å². The van der Waals surface area contributed by atoms with Crippen LogP contribution in [0.25, 0.3) is 11.3 Å². The molecule has 94 valence electrons. The molecule has 0 spiro atoms. The topological polar surface area (TPSA) is 61.0 Å². The van der Waals surface area contributed by atoms with Gasteiger partial charge in [-0.3, -0.25) is 0 Å². The number of ether oxygens (including phenoxy) is 1. The van der Waals surface area contributed by atoms with E-state index in [0.717, 1.165) is 29.1 Å². The van der Waals surface area contributed by atoms with Crippen LogP contribution in [0.5, 0.6) is 5.75 Å². The second-order valence-electron chi connectivity index (χ2n) is 3.79. The summed E-state index contributed by atoms with van der Waals surface area (Å²) in [7, 11) is 1.60. The predicted octanol–water partition coefficient (Wildman–Crippen LogP) is 2.31. The molecule has 2 N–H and O–H groups in total. The lowest BCUT2D eigenvalue weighted by molar-refractivity contribution is 0.415. The van der Waals surface area contributed by atoms with E-state index in [0.29, 0.717) is 11.6 Å². The molecule has 0 bridgehead atoms. The van der Waals surface area contributed by atoms with Crippen molar-refractivity contribution in [2.45, 2.75) is 6.42 Å². The number of nitrogens with zero attached hydrogens (tertiary/aromatic N) is 2. The number of benzene rings is 1. The van der Waals surface area contributed by atoms with E-state index >= 15 is 0 Å². The molecule has 4 nitrogen and oxygen atoms in total. The summed E-state index contributed by atoms with van der Waals surface area (Å²) >= 11 is 6.18. The van der Waals surface area contributed by atoms with E-state index in [1.807, 2.05) is 24.3 Å². The van der Waals surface area contributed by atoms with Gasteiger partial charge in [0.05, 0.1) is 23.5 Å². The maximum absolute atomic E-state index is 6.18. The maximum atomic E-state index is 6.18. The molecule has 0 fully saturated rings. The molecule has 1 aromatic carbocycles. The Bertz CT molecular complexity index is 528. The number of aromatic nitrogens is 2. The summed E-state index contributed by atoms with van der Waals surface area (Å²) in [6, 6.07) is 9.28. The van der Waals surface area contributed by atoms with Gasteiger partial charge in [0.25, 0.3) is 0 Å². The van der Waals surface area contributed by atoms with Gasteiger partial charge in [-0.05, 0) is 36.9 Å². The van der Waals surface area contributed by atoms with Gasteiger partial charge in [0.1, 0.15) is 5.75 Å².